The van der Waals surface area contributed by atoms with Crippen molar-refractivity contribution < 1.29 is 9.53 Å². The highest BCUT2D eigenvalue weighted by atomic mass is 16.6. The molecule has 1 saturated carbocycles. The van der Waals surface area contributed by atoms with Gasteiger partial charge in [-0.1, -0.05) is 6.92 Å². The van der Waals surface area contributed by atoms with E-state index >= 15 is 0 Å². The summed E-state index contributed by atoms with van der Waals surface area (Å²) in [5.74, 6) is 0. The molecule has 4 heteroatoms. The summed E-state index contributed by atoms with van der Waals surface area (Å²) in [6.07, 6.45) is 4.63. The highest BCUT2D eigenvalue weighted by Crippen LogP contribution is 2.47. The number of nitrogens with one attached hydrogen (secondary N) is 2. The van der Waals surface area contributed by atoms with E-state index in [-0.39, 0.29) is 6.09 Å². The Labute approximate surface area is 111 Å². The molecule has 0 aromatic rings. The molecule has 0 radical (unpaired) electrons. The molecule has 2 N–H and O–H groups in total. The molecule has 1 aliphatic carbocycles. The van der Waals surface area contributed by atoms with Crippen LogP contribution in [0.4, 0.5) is 4.79 Å². The van der Waals surface area contributed by atoms with E-state index in [1.54, 1.807) is 0 Å². The molecule has 0 aromatic carbocycles. The maximum atomic E-state index is 11.4. The van der Waals surface area contributed by atoms with Gasteiger partial charge in [0, 0.05) is 13.1 Å². The van der Waals surface area contributed by atoms with E-state index in [0.29, 0.717) is 12.0 Å². The summed E-state index contributed by atoms with van der Waals surface area (Å²) in [4.78, 5) is 11.4. The highest BCUT2D eigenvalue weighted by Gasteiger charge is 2.39. The van der Waals surface area contributed by atoms with Crippen LogP contribution in [0.3, 0.4) is 0 Å². The van der Waals surface area contributed by atoms with Gasteiger partial charge in [0.2, 0.25) is 0 Å². The summed E-state index contributed by atoms with van der Waals surface area (Å²) in [6.45, 7) is 10.6. The van der Waals surface area contributed by atoms with Crippen molar-refractivity contribution in [3.05, 3.63) is 0 Å². The third-order valence-corrected chi connectivity index (χ3v) is 3.41. The molecule has 0 unspecified atom stereocenters. The molecule has 0 aromatic heterocycles. The summed E-state index contributed by atoms with van der Waals surface area (Å²) in [5.41, 5.74) is 0.181. The Balaban J connectivity index is 1.94. The zero-order valence-electron chi connectivity index (χ0n) is 12.3. The Morgan fingerprint density at radius 2 is 1.94 bits per heavy atom. The van der Waals surface area contributed by atoms with Crippen LogP contribution in [0.2, 0.25) is 0 Å². The van der Waals surface area contributed by atoms with Gasteiger partial charge in [0.15, 0.2) is 0 Å². The molecule has 18 heavy (non-hydrogen) atoms. The number of hydrogen-bond acceptors (Lipinski definition) is 3. The first-order valence-electron chi connectivity index (χ1n) is 7.04. The van der Waals surface area contributed by atoms with Gasteiger partial charge < -0.3 is 15.4 Å². The van der Waals surface area contributed by atoms with E-state index in [4.69, 9.17) is 4.74 Å². The van der Waals surface area contributed by atoms with Crippen LogP contribution in [0.15, 0.2) is 0 Å². The van der Waals surface area contributed by atoms with Crippen molar-refractivity contribution in [3.63, 3.8) is 0 Å². The standard InChI is InChI=1S/C14H28N2O2/c1-5-14(7-8-14)11-15-9-6-10-16-12(17)18-13(2,3)4/h15H,5-11H2,1-4H3,(H,16,17). The molecular weight excluding hydrogens is 228 g/mol. The van der Waals surface area contributed by atoms with Crippen LogP contribution < -0.4 is 10.6 Å². The Bertz CT molecular complexity index is 267. The monoisotopic (exact) mass is 256 g/mol. The van der Waals surface area contributed by atoms with Gasteiger partial charge in [0.05, 0.1) is 0 Å². The van der Waals surface area contributed by atoms with E-state index < -0.39 is 5.60 Å². The van der Waals surface area contributed by atoms with Gasteiger partial charge in [-0.05, 0) is 58.4 Å². The zero-order valence-corrected chi connectivity index (χ0v) is 12.3. The lowest BCUT2D eigenvalue weighted by molar-refractivity contribution is 0.0527. The maximum absolute atomic E-state index is 11.4. The average Bonchev–Trinajstić information content (AvgIpc) is 3.01. The fourth-order valence-electron chi connectivity index (χ4n) is 1.90. The molecule has 1 aliphatic rings. The second-order valence-corrected chi connectivity index (χ2v) is 6.31. The highest BCUT2D eigenvalue weighted by molar-refractivity contribution is 5.67. The lowest BCUT2D eigenvalue weighted by atomic mass is 10.0. The van der Waals surface area contributed by atoms with Crippen LogP contribution in [0, 0.1) is 5.41 Å². The van der Waals surface area contributed by atoms with Crippen LogP contribution in [-0.4, -0.2) is 31.3 Å². The smallest absolute Gasteiger partial charge is 0.407 e. The lowest BCUT2D eigenvalue weighted by Gasteiger charge is -2.19. The van der Waals surface area contributed by atoms with Crippen molar-refractivity contribution in [2.45, 2.75) is 59.0 Å². The van der Waals surface area contributed by atoms with Gasteiger partial charge in [-0.2, -0.15) is 0 Å². The zero-order chi connectivity index (χ0) is 13.6. The molecule has 1 rings (SSSR count). The predicted molar refractivity (Wildman–Crippen MR) is 73.7 cm³/mol. The van der Waals surface area contributed by atoms with Gasteiger partial charge in [-0.15, -0.1) is 0 Å². The quantitative estimate of drug-likeness (QED) is 0.689. The molecular formula is C14H28N2O2. The second-order valence-electron chi connectivity index (χ2n) is 6.31. The van der Waals surface area contributed by atoms with Gasteiger partial charge in [0.1, 0.15) is 5.60 Å². The van der Waals surface area contributed by atoms with E-state index in [1.165, 1.54) is 19.3 Å². The van der Waals surface area contributed by atoms with Crippen molar-refractivity contribution in [1.29, 1.82) is 0 Å². The van der Waals surface area contributed by atoms with Crippen LogP contribution in [0.1, 0.15) is 53.4 Å². The first-order chi connectivity index (χ1) is 8.37. The third kappa shape index (κ3) is 6.24. The van der Waals surface area contributed by atoms with Crippen molar-refractivity contribution in [1.82, 2.24) is 10.6 Å². The van der Waals surface area contributed by atoms with E-state index in [1.807, 2.05) is 20.8 Å². The second kappa shape index (κ2) is 6.41. The minimum absolute atomic E-state index is 0.324. The third-order valence-electron chi connectivity index (χ3n) is 3.41. The topological polar surface area (TPSA) is 50.4 Å². The fraction of sp³-hybridized carbons (Fsp3) is 0.929. The summed E-state index contributed by atoms with van der Waals surface area (Å²) in [6, 6.07) is 0. The number of carbonyl (C=O) groups excluding carboxylic acids is 1. The number of ether oxygens (including phenoxy) is 1. The van der Waals surface area contributed by atoms with E-state index in [2.05, 4.69) is 17.6 Å². The molecule has 1 fully saturated rings. The van der Waals surface area contributed by atoms with Crippen molar-refractivity contribution >= 4 is 6.09 Å². The Kier molecular flexibility index (Phi) is 5.45. The average molecular weight is 256 g/mol. The Morgan fingerprint density at radius 3 is 2.44 bits per heavy atom. The normalized spacial score (nSPS) is 17.3. The van der Waals surface area contributed by atoms with Gasteiger partial charge in [0.25, 0.3) is 0 Å². The number of carbonyl (C=O) groups is 1. The van der Waals surface area contributed by atoms with Gasteiger partial charge in [-0.25, -0.2) is 4.79 Å². The van der Waals surface area contributed by atoms with Crippen molar-refractivity contribution in [3.8, 4) is 0 Å². The fourth-order valence-corrected chi connectivity index (χ4v) is 1.90. The Hall–Kier alpha value is -0.770. The number of alkyl carbamates (subject to hydrolysis) is 1. The molecule has 0 spiro atoms. The molecule has 0 saturated heterocycles. The van der Waals surface area contributed by atoms with Gasteiger partial charge in [-0.3, -0.25) is 0 Å². The SMILES string of the molecule is CCC1(CNCCCNC(=O)OC(C)(C)C)CC1. The first-order valence-corrected chi connectivity index (χ1v) is 7.04. The Morgan fingerprint density at radius 1 is 1.28 bits per heavy atom. The van der Waals surface area contributed by atoms with E-state index in [9.17, 15) is 4.79 Å². The van der Waals surface area contributed by atoms with Crippen LogP contribution in [-0.2, 0) is 4.74 Å². The molecule has 4 nitrogen and oxygen atoms in total. The van der Waals surface area contributed by atoms with Crippen LogP contribution in [0.5, 0.6) is 0 Å². The van der Waals surface area contributed by atoms with Gasteiger partial charge >= 0.3 is 6.09 Å². The number of hydrogen-bond donors (Lipinski definition) is 2. The lowest BCUT2D eigenvalue weighted by Crippen LogP contribution is -2.34. The van der Waals surface area contributed by atoms with E-state index in [0.717, 1.165) is 19.5 Å². The first kappa shape index (κ1) is 15.3. The minimum Gasteiger partial charge on any atom is -0.444 e. The number of rotatable bonds is 7. The number of amides is 1. The summed E-state index contributed by atoms with van der Waals surface area (Å²) in [7, 11) is 0. The molecule has 106 valence electrons. The molecule has 0 atom stereocenters. The molecule has 0 bridgehead atoms. The summed E-state index contributed by atoms with van der Waals surface area (Å²) in [5, 5.41) is 6.23. The molecule has 1 amide bonds. The largest absolute Gasteiger partial charge is 0.444 e. The molecule has 0 heterocycles. The minimum atomic E-state index is -0.415. The summed E-state index contributed by atoms with van der Waals surface area (Å²) >= 11 is 0. The predicted octanol–water partition coefficient (Wildman–Crippen LogP) is 2.68. The van der Waals surface area contributed by atoms with Crippen LogP contribution in [0.25, 0.3) is 0 Å². The summed E-state index contributed by atoms with van der Waals surface area (Å²) < 4.78 is 5.16. The molecule has 0 aliphatic heterocycles. The van der Waals surface area contributed by atoms with Crippen molar-refractivity contribution in [2.75, 3.05) is 19.6 Å². The van der Waals surface area contributed by atoms with Crippen molar-refractivity contribution in [2.24, 2.45) is 5.41 Å². The maximum Gasteiger partial charge on any atom is 0.407 e. The van der Waals surface area contributed by atoms with Crippen LogP contribution >= 0.6 is 0 Å².